The maximum absolute atomic E-state index is 13.0. The van der Waals surface area contributed by atoms with E-state index in [1.807, 2.05) is 13.0 Å². The summed E-state index contributed by atoms with van der Waals surface area (Å²) >= 11 is 15.5. The number of hydrogen-bond donors (Lipinski definition) is 2. The smallest absolute Gasteiger partial charge is 0.274 e. The molecular formula is C19H18BrCl2N5O2. The third-order valence-corrected chi connectivity index (χ3v) is 4.76. The zero-order valence-corrected chi connectivity index (χ0v) is 17.9. The summed E-state index contributed by atoms with van der Waals surface area (Å²) in [5.41, 5.74) is 1.34. The molecule has 3 rings (SSSR count). The molecular weight excluding hydrogens is 481 g/mol. The van der Waals surface area contributed by atoms with Gasteiger partial charge in [-0.15, -0.1) is 0 Å². The summed E-state index contributed by atoms with van der Waals surface area (Å²) < 4.78 is 1.87. The second-order valence-electron chi connectivity index (χ2n) is 5.75. The molecule has 2 N–H and O–H groups in total. The molecule has 0 unspecified atom stereocenters. The third kappa shape index (κ3) is 4.77. The highest BCUT2D eigenvalue weighted by molar-refractivity contribution is 9.10. The van der Waals surface area contributed by atoms with Crippen molar-refractivity contribution in [3.8, 4) is 5.82 Å². The van der Waals surface area contributed by atoms with E-state index in [0.29, 0.717) is 10.4 Å². The van der Waals surface area contributed by atoms with Crippen molar-refractivity contribution >= 4 is 56.6 Å². The van der Waals surface area contributed by atoms with Crippen molar-refractivity contribution in [2.45, 2.75) is 14.4 Å². The van der Waals surface area contributed by atoms with Gasteiger partial charge >= 0.3 is 0 Å². The van der Waals surface area contributed by atoms with Crippen molar-refractivity contribution in [3.63, 3.8) is 0 Å². The number of rotatable bonds is 4. The highest BCUT2D eigenvalue weighted by atomic mass is 79.9. The number of nitrogens with zero attached hydrogens (tertiary/aromatic N) is 3. The SMILES string of the molecule is C.CNC(=O)c1cc(Cl)cc(Cl)c1NC(=O)c1cc(Br)nn1-c1ncccc1C. The number of carbonyl (C=O) groups is 2. The summed E-state index contributed by atoms with van der Waals surface area (Å²) in [6, 6.07) is 8.08. The zero-order chi connectivity index (χ0) is 20.4. The lowest BCUT2D eigenvalue weighted by Crippen LogP contribution is -2.23. The van der Waals surface area contributed by atoms with Gasteiger partial charge in [0.1, 0.15) is 10.3 Å². The predicted molar refractivity (Wildman–Crippen MR) is 118 cm³/mol. The molecule has 152 valence electrons. The standard InChI is InChI=1S/C18H14BrCl2N5O2.CH4/c1-9-4-3-5-23-16(9)26-13(8-14(19)25-26)18(28)24-15-11(17(27)22-2)6-10(20)7-12(15)21;/h3-8H,1-2H3,(H,22,27)(H,24,28);1H4. The van der Waals surface area contributed by atoms with Crippen LogP contribution in [-0.2, 0) is 0 Å². The Morgan fingerprint density at radius 2 is 1.90 bits per heavy atom. The highest BCUT2D eigenvalue weighted by Crippen LogP contribution is 2.31. The van der Waals surface area contributed by atoms with Crippen LogP contribution < -0.4 is 10.6 Å². The molecule has 0 aliphatic carbocycles. The topological polar surface area (TPSA) is 88.9 Å². The minimum absolute atomic E-state index is 0. The largest absolute Gasteiger partial charge is 0.355 e. The molecule has 0 atom stereocenters. The number of benzene rings is 1. The number of halogens is 3. The lowest BCUT2D eigenvalue weighted by atomic mass is 10.1. The lowest BCUT2D eigenvalue weighted by molar-refractivity contribution is 0.0964. The summed E-state index contributed by atoms with van der Waals surface area (Å²) in [5.74, 6) is -0.445. The average molecular weight is 499 g/mol. The molecule has 0 aliphatic heterocycles. The van der Waals surface area contributed by atoms with Crippen LogP contribution in [0.15, 0.2) is 41.1 Å². The van der Waals surface area contributed by atoms with Crippen molar-refractivity contribution in [3.05, 3.63) is 68.0 Å². The van der Waals surface area contributed by atoms with E-state index in [9.17, 15) is 9.59 Å². The number of amides is 2. The molecule has 0 fully saturated rings. The molecule has 0 radical (unpaired) electrons. The molecule has 0 saturated carbocycles. The Kier molecular flexibility index (Phi) is 7.40. The van der Waals surface area contributed by atoms with Crippen molar-refractivity contribution in [2.24, 2.45) is 0 Å². The van der Waals surface area contributed by atoms with Gasteiger partial charge in [-0.05, 0) is 46.6 Å². The molecule has 7 nitrogen and oxygen atoms in total. The monoisotopic (exact) mass is 497 g/mol. The molecule has 2 heterocycles. The van der Waals surface area contributed by atoms with Crippen LogP contribution in [0.3, 0.4) is 0 Å². The minimum Gasteiger partial charge on any atom is -0.355 e. The van der Waals surface area contributed by atoms with E-state index < -0.39 is 11.8 Å². The fourth-order valence-corrected chi connectivity index (χ4v) is 3.48. The predicted octanol–water partition coefficient (Wildman–Crippen LogP) is 4.89. The maximum Gasteiger partial charge on any atom is 0.274 e. The first kappa shape index (κ1) is 22.9. The van der Waals surface area contributed by atoms with Gasteiger partial charge in [-0.25, -0.2) is 9.67 Å². The highest BCUT2D eigenvalue weighted by Gasteiger charge is 2.22. The Morgan fingerprint density at radius 3 is 2.55 bits per heavy atom. The van der Waals surface area contributed by atoms with Gasteiger partial charge in [-0.1, -0.05) is 36.7 Å². The van der Waals surface area contributed by atoms with E-state index in [1.165, 1.54) is 23.9 Å². The maximum atomic E-state index is 13.0. The number of pyridine rings is 1. The van der Waals surface area contributed by atoms with E-state index in [4.69, 9.17) is 23.2 Å². The van der Waals surface area contributed by atoms with Crippen LogP contribution in [0.1, 0.15) is 33.8 Å². The Labute approximate surface area is 186 Å². The van der Waals surface area contributed by atoms with Gasteiger partial charge in [-0.3, -0.25) is 9.59 Å². The van der Waals surface area contributed by atoms with E-state index in [2.05, 4.69) is 36.6 Å². The Hall–Kier alpha value is -2.42. The number of aromatic nitrogens is 3. The van der Waals surface area contributed by atoms with Crippen LogP contribution in [-0.4, -0.2) is 33.6 Å². The zero-order valence-electron chi connectivity index (χ0n) is 14.8. The summed E-state index contributed by atoms with van der Waals surface area (Å²) in [7, 11) is 1.47. The number of aryl methyl sites for hydroxylation is 1. The van der Waals surface area contributed by atoms with Gasteiger partial charge in [0.05, 0.1) is 16.3 Å². The molecule has 0 spiro atoms. The second kappa shape index (κ2) is 9.39. The second-order valence-corrected chi connectivity index (χ2v) is 7.41. The molecule has 3 aromatic rings. The van der Waals surface area contributed by atoms with Gasteiger partial charge in [0.2, 0.25) is 0 Å². The van der Waals surface area contributed by atoms with Crippen LogP contribution in [0.25, 0.3) is 5.82 Å². The first-order valence-electron chi connectivity index (χ1n) is 8.02. The number of carbonyl (C=O) groups excluding carboxylic acids is 2. The van der Waals surface area contributed by atoms with Gasteiger partial charge in [0.15, 0.2) is 5.82 Å². The first-order chi connectivity index (χ1) is 13.3. The quantitative estimate of drug-likeness (QED) is 0.535. The minimum atomic E-state index is -0.516. The first-order valence-corrected chi connectivity index (χ1v) is 9.56. The molecule has 0 bridgehead atoms. The van der Waals surface area contributed by atoms with Gasteiger partial charge < -0.3 is 10.6 Å². The lowest BCUT2D eigenvalue weighted by Gasteiger charge is -2.14. The Balaban J connectivity index is 0.00000300. The summed E-state index contributed by atoms with van der Waals surface area (Å²) in [6.45, 7) is 1.86. The van der Waals surface area contributed by atoms with Crippen molar-refractivity contribution in [1.29, 1.82) is 0 Å². The number of nitrogens with one attached hydrogen (secondary N) is 2. The van der Waals surface area contributed by atoms with Crippen LogP contribution in [0.2, 0.25) is 10.0 Å². The van der Waals surface area contributed by atoms with Crippen molar-refractivity contribution in [1.82, 2.24) is 20.1 Å². The van der Waals surface area contributed by atoms with Gasteiger partial charge in [-0.2, -0.15) is 5.10 Å². The molecule has 2 amide bonds. The molecule has 0 aliphatic rings. The number of hydrogen-bond acceptors (Lipinski definition) is 4. The van der Waals surface area contributed by atoms with Crippen LogP contribution in [0.5, 0.6) is 0 Å². The third-order valence-electron chi connectivity index (χ3n) is 3.86. The van der Waals surface area contributed by atoms with Crippen LogP contribution >= 0.6 is 39.1 Å². The molecule has 10 heteroatoms. The normalized spacial score (nSPS) is 10.2. The van der Waals surface area contributed by atoms with Gasteiger partial charge in [0.25, 0.3) is 11.8 Å². The summed E-state index contributed by atoms with van der Waals surface area (Å²) in [6.07, 6.45) is 1.61. The van der Waals surface area contributed by atoms with Crippen molar-refractivity contribution < 1.29 is 9.59 Å². The molecule has 0 saturated heterocycles. The summed E-state index contributed by atoms with van der Waals surface area (Å²) in [4.78, 5) is 29.5. The van der Waals surface area contributed by atoms with Crippen molar-refractivity contribution in [2.75, 3.05) is 12.4 Å². The summed E-state index contributed by atoms with van der Waals surface area (Å²) in [5, 5.41) is 9.88. The molecule has 2 aromatic heterocycles. The molecule has 29 heavy (non-hydrogen) atoms. The Bertz CT molecular complexity index is 1080. The molecule has 1 aromatic carbocycles. The average Bonchev–Trinajstić information content (AvgIpc) is 3.05. The van der Waals surface area contributed by atoms with E-state index in [-0.39, 0.29) is 34.4 Å². The van der Waals surface area contributed by atoms with E-state index in [1.54, 1.807) is 18.3 Å². The fourth-order valence-electron chi connectivity index (χ4n) is 2.57. The fraction of sp³-hybridized carbons (Fsp3) is 0.158. The van der Waals surface area contributed by atoms with E-state index >= 15 is 0 Å². The Morgan fingerprint density at radius 1 is 1.17 bits per heavy atom. The van der Waals surface area contributed by atoms with Crippen LogP contribution in [0.4, 0.5) is 5.69 Å². The number of anilines is 1. The van der Waals surface area contributed by atoms with Crippen LogP contribution in [0, 0.1) is 6.92 Å². The van der Waals surface area contributed by atoms with E-state index in [0.717, 1.165) is 5.56 Å². The van der Waals surface area contributed by atoms with Gasteiger partial charge in [0, 0.05) is 24.3 Å².